The predicted octanol–water partition coefficient (Wildman–Crippen LogP) is 2.59. The number of halogens is 1. The van der Waals surface area contributed by atoms with Crippen molar-refractivity contribution in [2.75, 3.05) is 0 Å². The third-order valence-corrected chi connectivity index (χ3v) is 2.97. The molecule has 1 atom stereocenters. The van der Waals surface area contributed by atoms with E-state index < -0.39 is 29.8 Å². The van der Waals surface area contributed by atoms with E-state index in [1.54, 1.807) is 32.9 Å². The highest BCUT2D eigenvalue weighted by atomic mass is 79.9. The Labute approximate surface area is 131 Å². The van der Waals surface area contributed by atoms with Crippen LogP contribution in [0, 0.1) is 0 Å². The smallest absolute Gasteiger partial charge is 0.410 e. The first-order chi connectivity index (χ1) is 9.52. The second-order valence-electron chi connectivity index (χ2n) is 5.56. The Hall–Kier alpha value is -1.60. The Bertz CT molecular complexity index is 523. The van der Waals surface area contributed by atoms with E-state index in [2.05, 4.69) is 21.2 Å². The second-order valence-corrected chi connectivity index (χ2v) is 6.48. The summed E-state index contributed by atoms with van der Waals surface area (Å²) in [5.74, 6) is -1.25. The molecule has 1 unspecified atom stereocenters. The molecule has 1 rings (SSSR count). The maximum Gasteiger partial charge on any atom is 0.410 e. The Balaban J connectivity index is 3.01. The highest BCUT2D eigenvalue weighted by Crippen LogP contribution is 2.24. The summed E-state index contributed by atoms with van der Waals surface area (Å²) in [4.78, 5) is 22.8. The Morgan fingerprint density at radius 2 is 1.76 bits per heavy atom. The molecule has 0 aliphatic rings. The number of nitrogens with one attached hydrogen (secondary N) is 1. The van der Waals surface area contributed by atoms with Crippen LogP contribution in [0.1, 0.15) is 32.8 Å². The Morgan fingerprint density at radius 1 is 1.24 bits per heavy atom. The number of carbonyl (C=O) groups is 2. The number of carbonyl (C=O) groups excluding carboxylic acids is 1. The third kappa shape index (κ3) is 5.73. The minimum Gasteiger partial charge on any atom is -0.481 e. The molecule has 0 aliphatic heterocycles. The summed E-state index contributed by atoms with van der Waals surface area (Å²) in [6, 6.07) is 6.31. The van der Waals surface area contributed by atoms with Crippen molar-refractivity contribution in [1.82, 2.24) is 5.32 Å². The minimum absolute atomic E-state index is 0.249. The zero-order valence-corrected chi connectivity index (χ0v) is 13.6. The van der Waals surface area contributed by atoms with Crippen LogP contribution in [0.2, 0.25) is 0 Å². The van der Waals surface area contributed by atoms with Gasteiger partial charge in [-0.2, -0.15) is 0 Å². The average molecular weight is 360 g/mol. The number of ether oxygens (including phenoxy) is 1. The van der Waals surface area contributed by atoms with Crippen LogP contribution in [0.25, 0.3) is 0 Å². The summed E-state index contributed by atoms with van der Waals surface area (Å²) < 4.78 is 5.81. The van der Waals surface area contributed by atoms with Crippen LogP contribution >= 0.6 is 15.9 Å². The van der Waals surface area contributed by atoms with E-state index in [1.807, 2.05) is 0 Å². The molecule has 21 heavy (non-hydrogen) atoms. The summed E-state index contributed by atoms with van der Waals surface area (Å²) in [5, 5.41) is 21.7. The summed E-state index contributed by atoms with van der Waals surface area (Å²) in [6.07, 6.45) is -1.58. The molecule has 1 aromatic rings. The van der Waals surface area contributed by atoms with Crippen LogP contribution in [0.4, 0.5) is 4.79 Å². The zero-order chi connectivity index (χ0) is 16.3. The lowest BCUT2D eigenvalue weighted by Crippen LogP contribution is -2.49. The molecule has 0 saturated heterocycles. The number of hydrogen-bond acceptors (Lipinski definition) is 4. The molecule has 0 heterocycles. The van der Waals surface area contributed by atoms with Gasteiger partial charge in [0.1, 0.15) is 5.60 Å². The van der Waals surface area contributed by atoms with Crippen molar-refractivity contribution in [2.24, 2.45) is 0 Å². The molecule has 0 aliphatic carbocycles. The van der Waals surface area contributed by atoms with Gasteiger partial charge in [0.25, 0.3) is 0 Å². The lowest BCUT2D eigenvalue weighted by Gasteiger charge is -2.30. The van der Waals surface area contributed by atoms with Crippen molar-refractivity contribution in [2.45, 2.75) is 38.5 Å². The number of carboxylic acids is 1. The van der Waals surface area contributed by atoms with Crippen molar-refractivity contribution in [1.29, 1.82) is 0 Å². The fourth-order valence-electron chi connectivity index (χ4n) is 1.64. The molecule has 0 bridgehead atoms. The van der Waals surface area contributed by atoms with Gasteiger partial charge in [-0.1, -0.05) is 28.1 Å². The molecule has 116 valence electrons. The van der Waals surface area contributed by atoms with Crippen LogP contribution in [0.5, 0.6) is 0 Å². The molecule has 0 radical (unpaired) electrons. The molecule has 1 aromatic carbocycles. The van der Waals surface area contributed by atoms with E-state index in [9.17, 15) is 14.7 Å². The van der Waals surface area contributed by atoms with Gasteiger partial charge in [-0.25, -0.2) is 4.79 Å². The summed E-state index contributed by atoms with van der Waals surface area (Å²) in [7, 11) is 0. The molecule has 0 saturated carbocycles. The molecule has 1 amide bonds. The minimum atomic E-state index is -2.05. The Kier molecular flexibility index (Phi) is 5.36. The topological polar surface area (TPSA) is 95.9 Å². The number of aliphatic hydroxyl groups is 1. The molecule has 6 nitrogen and oxygen atoms in total. The van der Waals surface area contributed by atoms with Crippen molar-refractivity contribution in [3.8, 4) is 0 Å². The first-order valence-electron chi connectivity index (χ1n) is 6.23. The van der Waals surface area contributed by atoms with Crippen LogP contribution in [-0.2, 0) is 15.3 Å². The van der Waals surface area contributed by atoms with Gasteiger partial charge in [-0.15, -0.1) is 0 Å². The van der Waals surface area contributed by atoms with Gasteiger partial charge < -0.3 is 14.9 Å². The molecule has 0 fully saturated rings. The maximum absolute atomic E-state index is 11.8. The van der Waals surface area contributed by atoms with Gasteiger partial charge >= 0.3 is 12.1 Å². The first-order valence-corrected chi connectivity index (χ1v) is 7.02. The van der Waals surface area contributed by atoms with E-state index in [4.69, 9.17) is 9.84 Å². The largest absolute Gasteiger partial charge is 0.481 e. The molecule has 7 heteroatoms. The summed E-state index contributed by atoms with van der Waals surface area (Å²) in [5.41, 5.74) is -2.55. The molecular weight excluding hydrogens is 342 g/mol. The van der Waals surface area contributed by atoms with E-state index >= 15 is 0 Å². The van der Waals surface area contributed by atoms with Gasteiger partial charge in [-0.05, 0) is 32.9 Å². The second kappa shape index (κ2) is 6.44. The highest BCUT2D eigenvalue weighted by Gasteiger charge is 2.35. The van der Waals surface area contributed by atoms with Gasteiger partial charge in [0.2, 0.25) is 0 Å². The van der Waals surface area contributed by atoms with Crippen molar-refractivity contribution < 1.29 is 24.5 Å². The van der Waals surface area contributed by atoms with Gasteiger partial charge in [0, 0.05) is 10.0 Å². The molecule has 3 N–H and O–H groups in total. The molecular formula is C14H18BrNO5. The maximum atomic E-state index is 11.8. The molecule has 0 aromatic heterocycles. The SMILES string of the molecule is CC(C)(C)OC(=O)NC(O)(CC(=O)O)c1ccc(Br)cc1. The number of alkyl carbamates (subject to hydrolysis) is 1. The van der Waals surface area contributed by atoms with Crippen LogP contribution < -0.4 is 5.32 Å². The number of rotatable bonds is 4. The predicted molar refractivity (Wildman–Crippen MR) is 79.7 cm³/mol. The normalized spacial score (nSPS) is 14.1. The number of hydrogen-bond donors (Lipinski definition) is 3. The number of amides is 1. The lowest BCUT2D eigenvalue weighted by atomic mass is 9.99. The Morgan fingerprint density at radius 3 is 2.19 bits per heavy atom. The van der Waals surface area contributed by atoms with Gasteiger partial charge in [-0.3, -0.25) is 10.1 Å². The van der Waals surface area contributed by atoms with Crippen LogP contribution in [0.3, 0.4) is 0 Å². The van der Waals surface area contributed by atoms with E-state index in [-0.39, 0.29) is 5.56 Å². The van der Waals surface area contributed by atoms with Gasteiger partial charge in [0.15, 0.2) is 5.72 Å². The summed E-state index contributed by atoms with van der Waals surface area (Å²) in [6.45, 7) is 5.01. The van der Waals surface area contributed by atoms with Crippen LogP contribution in [-0.4, -0.2) is 27.9 Å². The number of carboxylic acid groups (broad SMARTS) is 1. The van der Waals surface area contributed by atoms with E-state index in [0.717, 1.165) is 4.47 Å². The van der Waals surface area contributed by atoms with Crippen molar-refractivity contribution in [3.63, 3.8) is 0 Å². The highest BCUT2D eigenvalue weighted by molar-refractivity contribution is 9.10. The number of aliphatic carboxylic acids is 1. The van der Waals surface area contributed by atoms with Crippen molar-refractivity contribution >= 4 is 28.0 Å². The fraction of sp³-hybridized carbons (Fsp3) is 0.429. The van der Waals surface area contributed by atoms with Gasteiger partial charge in [0.05, 0.1) is 6.42 Å². The quantitative estimate of drug-likeness (QED) is 0.718. The number of benzene rings is 1. The average Bonchev–Trinajstić information content (AvgIpc) is 2.25. The molecule has 0 spiro atoms. The van der Waals surface area contributed by atoms with E-state index in [0.29, 0.717) is 0 Å². The monoisotopic (exact) mass is 359 g/mol. The summed E-state index contributed by atoms with van der Waals surface area (Å²) >= 11 is 3.24. The van der Waals surface area contributed by atoms with E-state index in [1.165, 1.54) is 12.1 Å². The van der Waals surface area contributed by atoms with Crippen molar-refractivity contribution in [3.05, 3.63) is 34.3 Å². The van der Waals surface area contributed by atoms with Crippen LogP contribution in [0.15, 0.2) is 28.7 Å². The first kappa shape index (κ1) is 17.5. The third-order valence-electron chi connectivity index (χ3n) is 2.44. The lowest BCUT2D eigenvalue weighted by molar-refractivity contribution is -0.144. The standard InChI is InChI=1S/C14H18BrNO5/c1-13(2,3)21-12(19)16-14(20,8-11(17)18)9-4-6-10(15)7-5-9/h4-7,20H,8H2,1-3H3,(H,16,19)(H,17,18). The fourth-order valence-corrected chi connectivity index (χ4v) is 1.90. The zero-order valence-electron chi connectivity index (χ0n) is 12.0.